The fourth-order valence-corrected chi connectivity index (χ4v) is 4.80. The molecular formula is C26H26N4O3. The third-order valence-electron chi connectivity index (χ3n) is 6.54. The summed E-state index contributed by atoms with van der Waals surface area (Å²) in [5.74, 6) is 1.92. The molecule has 2 heterocycles. The van der Waals surface area contributed by atoms with Crippen LogP contribution in [-0.4, -0.2) is 40.0 Å². The molecule has 0 amide bonds. The van der Waals surface area contributed by atoms with Crippen molar-refractivity contribution in [2.45, 2.75) is 45.8 Å². The highest BCUT2D eigenvalue weighted by Crippen LogP contribution is 2.43. The molecule has 1 unspecified atom stereocenters. The Morgan fingerprint density at radius 3 is 2.82 bits per heavy atom. The van der Waals surface area contributed by atoms with Crippen LogP contribution in [0.4, 0.5) is 0 Å². The van der Waals surface area contributed by atoms with Crippen LogP contribution in [0.3, 0.4) is 0 Å². The lowest BCUT2D eigenvalue weighted by Crippen LogP contribution is -2.50. The van der Waals surface area contributed by atoms with Crippen molar-refractivity contribution < 1.29 is 14.1 Å². The van der Waals surface area contributed by atoms with E-state index in [1.807, 2.05) is 32.0 Å². The van der Waals surface area contributed by atoms with Crippen LogP contribution >= 0.6 is 0 Å². The first-order valence-corrected chi connectivity index (χ1v) is 11.4. The van der Waals surface area contributed by atoms with Gasteiger partial charge in [0.2, 0.25) is 5.82 Å². The molecule has 5 rings (SSSR count). The number of nitrogens with zero attached hydrogens (tertiary/aromatic N) is 4. The summed E-state index contributed by atoms with van der Waals surface area (Å²) in [6.45, 7) is 7.21. The van der Waals surface area contributed by atoms with Gasteiger partial charge < -0.3 is 9.26 Å². The van der Waals surface area contributed by atoms with Crippen LogP contribution in [0, 0.1) is 17.2 Å². The number of rotatable bonds is 6. The minimum absolute atomic E-state index is 0.0217. The smallest absolute Gasteiger partial charge is 0.258 e. The van der Waals surface area contributed by atoms with Crippen LogP contribution in [-0.2, 0) is 11.2 Å². The summed E-state index contributed by atoms with van der Waals surface area (Å²) >= 11 is 0. The lowest BCUT2D eigenvalue weighted by Gasteiger charge is -2.42. The maximum Gasteiger partial charge on any atom is 0.258 e. The molecule has 168 valence electrons. The summed E-state index contributed by atoms with van der Waals surface area (Å²) in [6.07, 6.45) is 1.96. The molecule has 1 aliphatic heterocycles. The fourth-order valence-electron chi connectivity index (χ4n) is 4.80. The Kier molecular flexibility index (Phi) is 5.47. The van der Waals surface area contributed by atoms with Crippen LogP contribution in [0.2, 0.25) is 0 Å². The summed E-state index contributed by atoms with van der Waals surface area (Å²) in [5, 5.41) is 13.8. The molecule has 0 saturated carbocycles. The molecule has 7 nitrogen and oxygen atoms in total. The van der Waals surface area contributed by atoms with Crippen molar-refractivity contribution in [3.63, 3.8) is 0 Å². The second-order valence-corrected chi connectivity index (χ2v) is 9.10. The minimum Gasteiger partial charge on any atom is -0.490 e. The number of carbonyl (C=O) groups excluding carboxylic acids is 1. The van der Waals surface area contributed by atoms with E-state index in [-0.39, 0.29) is 17.8 Å². The first kappa shape index (κ1) is 21.4. The van der Waals surface area contributed by atoms with Gasteiger partial charge in [0.1, 0.15) is 17.6 Å². The normalized spacial score (nSPS) is 18.1. The van der Waals surface area contributed by atoms with Gasteiger partial charge in [-0.2, -0.15) is 10.2 Å². The first-order chi connectivity index (χ1) is 15.9. The zero-order valence-corrected chi connectivity index (χ0v) is 19.0. The van der Waals surface area contributed by atoms with Gasteiger partial charge in [-0.1, -0.05) is 23.4 Å². The average molecular weight is 443 g/mol. The molecular weight excluding hydrogens is 416 g/mol. The third kappa shape index (κ3) is 3.91. The van der Waals surface area contributed by atoms with Crippen LogP contribution in [0.1, 0.15) is 49.9 Å². The summed E-state index contributed by atoms with van der Waals surface area (Å²) in [4.78, 5) is 18.7. The quantitative estimate of drug-likeness (QED) is 0.552. The fraction of sp³-hybridized carbons (Fsp3) is 0.385. The van der Waals surface area contributed by atoms with Gasteiger partial charge in [0, 0.05) is 36.2 Å². The molecule has 1 atom stereocenters. The molecule has 2 aromatic carbocycles. The topological polar surface area (TPSA) is 92.3 Å². The number of hydrogen-bond acceptors (Lipinski definition) is 7. The highest BCUT2D eigenvalue weighted by Gasteiger charge is 2.38. The number of hydrogen-bond donors (Lipinski definition) is 0. The number of benzene rings is 2. The van der Waals surface area contributed by atoms with E-state index in [2.05, 4.69) is 27.2 Å². The van der Waals surface area contributed by atoms with E-state index in [1.165, 1.54) is 11.1 Å². The van der Waals surface area contributed by atoms with Crippen molar-refractivity contribution >= 4 is 5.78 Å². The average Bonchev–Trinajstić information content (AvgIpc) is 3.40. The Balaban J connectivity index is 1.41. The molecule has 33 heavy (non-hydrogen) atoms. The zero-order chi connectivity index (χ0) is 23.1. The Morgan fingerprint density at radius 2 is 2.09 bits per heavy atom. The Labute approximate surface area is 193 Å². The number of likely N-dealkylation sites (tertiary alicyclic amines) is 1. The van der Waals surface area contributed by atoms with Crippen molar-refractivity contribution in [1.29, 1.82) is 5.26 Å². The van der Waals surface area contributed by atoms with Gasteiger partial charge in [-0.15, -0.1) is 0 Å². The summed E-state index contributed by atoms with van der Waals surface area (Å²) in [7, 11) is 0. The monoisotopic (exact) mass is 442 g/mol. The maximum absolute atomic E-state index is 11.6. The van der Waals surface area contributed by atoms with Crippen molar-refractivity contribution in [3.05, 3.63) is 53.1 Å². The Morgan fingerprint density at radius 1 is 1.27 bits per heavy atom. The van der Waals surface area contributed by atoms with Crippen molar-refractivity contribution in [3.8, 4) is 34.7 Å². The molecule has 0 spiro atoms. The van der Waals surface area contributed by atoms with Gasteiger partial charge >= 0.3 is 0 Å². The van der Waals surface area contributed by atoms with Gasteiger partial charge in [-0.25, -0.2) is 0 Å². The number of aromatic nitrogens is 2. The number of fused-ring (bicyclic) bond motifs is 1. The number of nitriles is 1. The Bertz CT molecular complexity index is 1250. The highest BCUT2D eigenvalue weighted by molar-refractivity contribution is 5.79. The molecule has 2 aliphatic rings. The lowest BCUT2D eigenvalue weighted by molar-refractivity contribution is -0.126. The van der Waals surface area contributed by atoms with E-state index in [4.69, 9.17) is 9.26 Å². The van der Waals surface area contributed by atoms with Crippen LogP contribution in [0.25, 0.3) is 22.8 Å². The summed E-state index contributed by atoms with van der Waals surface area (Å²) < 4.78 is 11.3. The predicted molar refractivity (Wildman–Crippen MR) is 122 cm³/mol. The van der Waals surface area contributed by atoms with Gasteiger partial charge in [0.25, 0.3) is 5.89 Å². The highest BCUT2D eigenvalue weighted by atomic mass is 16.5. The van der Waals surface area contributed by atoms with Crippen LogP contribution in [0.15, 0.2) is 40.9 Å². The van der Waals surface area contributed by atoms with Gasteiger partial charge in [0.05, 0.1) is 11.7 Å². The van der Waals surface area contributed by atoms with E-state index in [9.17, 15) is 10.1 Å². The van der Waals surface area contributed by atoms with Crippen molar-refractivity contribution in [2.24, 2.45) is 5.92 Å². The predicted octanol–water partition coefficient (Wildman–Crippen LogP) is 4.57. The summed E-state index contributed by atoms with van der Waals surface area (Å²) in [5.41, 5.74) is 4.64. The standard InChI is InChI=1S/C26H26N4O3/c1-15(2)32-24-10-7-17(11-18(24)12-27)26-28-25(29-33-26)22-6-4-5-21-20(22)8-9-23(21)30-13-19(14-30)16(3)31/h4-7,10-11,15,19,23H,8-9,13-14H2,1-3H3. The van der Waals surface area contributed by atoms with Crippen molar-refractivity contribution in [2.75, 3.05) is 13.1 Å². The number of ketones is 1. The maximum atomic E-state index is 11.6. The number of ether oxygens (including phenoxy) is 1. The molecule has 3 aromatic rings. The third-order valence-corrected chi connectivity index (χ3v) is 6.54. The number of carbonyl (C=O) groups is 1. The SMILES string of the molecule is CC(=O)C1CN(C2CCc3c(-c4noc(-c5ccc(OC(C)C)c(C#N)c5)n4)cccc32)C1. The van der Waals surface area contributed by atoms with Gasteiger partial charge in [0.15, 0.2) is 0 Å². The largest absolute Gasteiger partial charge is 0.490 e. The zero-order valence-electron chi connectivity index (χ0n) is 19.0. The van der Waals surface area contributed by atoms with E-state index in [0.29, 0.717) is 34.6 Å². The van der Waals surface area contributed by atoms with E-state index >= 15 is 0 Å². The molecule has 0 bridgehead atoms. The molecule has 1 fully saturated rings. The van der Waals surface area contributed by atoms with Gasteiger partial charge in [-0.05, 0) is 62.9 Å². The van der Waals surface area contributed by atoms with Crippen LogP contribution in [0.5, 0.6) is 5.75 Å². The van der Waals surface area contributed by atoms with E-state index in [0.717, 1.165) is 31.5 Å². The number of Topliss-reactive ketones (excluding diaryl/α,β-unsaturated/α-hetero) is 1. The molecule has 1 aromatic heterocycles. The second kappa shape index (κ2) is 8.45. The van der Waals surface area contributed by atoms with E-state index in [1.54, 1.807) is 19.1 Å². The molecule has 0 radical (unpaired) electrons. The second-order valence-electron chi connectivity index (χ2n) is 9.10. The molecule has 1 saturated heterocycles. The molecule has 1 aliphatic carbocycles. The van der Waals surface area contributed by atoms with Crippen molar-refractivity contribution in [1.82, 2.24) is 15.0 Å². The lowest BCUT2D eigenvalue weighted by atomic mass is 9.92. The molecule has 0 N–H and O–H groups in total. The minimum atomic E-state index is -0.0217. The van der Waals surface area contributed by atoms with E-state index < -0.39 is 0 Å². The first-order valence-electron chi connectivity index (χ1n) is 11.4. The Hall–Kier alpha value is -3.50. The van der Waals surface area contributed by atoms with Crippen LogP contribution < -0.4 is 4.74 Å². The molecule has 7 heteroatoms. The summed E-state index contributed by atoms with van der Waals surface area (Å²) in [6, 6.07) is 14.1. The van der Waals surface area contributed by atoms with Gasteiger partial charge in [-0.3, -0.25) is 9.69 Å².